The Balaban J connectivity index is 2.89. The van der Waals surface area contributed by atoms with E-state index in [2.05, 4.69) is 9.47 Å². The monoisotopic (exact) mass is 214 g/mol. The molecule has 0 unspecified atom stereocenters. The number of allylic oxidation sites excluding steroid dienone is 1. The van der Waals surface area contributed by atoms with E-state index in [9.17, 15) is 14.7 Å². The minimum absolute atomic E-state index is 0.378. The number of aliphatic hydroxyl groups is 1. The topological polar surface area (TPSA) is 72.8 Å². The van der Waals surface area contributed by atoms with Crippen LogP contribution in [0.15, 0.2) is 12.2 Å². The molecule has 0 radical (unpaired) electrons. The fourth-order valence-electron chi connectivity index (χ4n) is 1.70. The molecule has 1 N–H and O–H groups in total. The van der Waals surface area contributed by atoms with Crippen LogP contribution in [0, 0.1) is 11.8 Å². The molecule has 1 aliphatic carbocycles. The van der Waals surface area contributed by atoms with Gasteiger partial charge in [-0.1, -0.05) is 12.2 Å². The summed E-state index contributed by atoms with van der Waals surface area (Å²) < 4.78 is 9.12. The van der Waals surface area contributed by atoms with Gasteiger partial charge in [-0.05, 0) is 6.42 Å². The van der Waals surface area contributed by atoms with Crippen LogP contribution in [-0.2, 0) is 19.1 Å². The maximum Gasteiger partial charge on any atom is 0.312 e. The minimum atomic E-state index is -0.990. The van der Waals surface area contributed by atoms with E-state index < -0.39 is 29.9 Å². The van der Waals surface area contributed by atoms with Gasteiger partial charge in [0, 0.05) is 0 Å². The second-order valence-electron chi connectivity index (χ2n) is 3.33. The van der Waals surface area contributed by atoms with Crippen molar-refractivity contribution in [3.63, 3.8) is 0 Å². The third kappa shape index (κ3) is 2.36. The van der Waals surface area contributed by atoms with Gasteiger partial charge in [0.25, 0.3) is 0 Å². The van der Waals surface area contributed by atoms with Crippen molar-refractivity contribution in [1.82, 2.24) is 0 Å². The molecule has 0 aromatic heterocycles. The Labute approximate surface area is 87.7 Å². The first kappa shape index (κ1) is 11.7. The summed E-state index contributed by atoms with van der Waals surface area (Å²) >= 11 is 0. The molecule has 0 aromatic carbocycles. The average molecular weight is 214 g/mol. The van der Waals surface area contributed by atoms with Crippen LogP contribution in [0.3, 0.4) is 0 Å². The van der Waals surface area contributed by atoms with E-state index in [0.717, 1.165) is 0 Å². The first-order valence-electron chi connectivity index (χ1n) is 4.62. The number of rotatable bonds is 2. The number of methoxy groups -OCH3 is 2. The Bertz CT molecular complexity index is 284. The van der Waals surface area contributed by atoms with E-state index >= 15 is 0 Å². The van der Waals surface area contributed by atoms with Gasteiger partial charge >= 0.3 is 11.9 Å². The fraction of sp³-hybridized carbons (Fsp3) is 0.600. The predicted molar refractivity (Wildman–Crippen MR) is 50.8 cm³/mol. The standard InChI is InChI=1S/C10H14O5/c1-14-9(12)6-4-3-5-7(11)8(6)10(13)15-2/h3,5-8,11H,4H2,1-2H3/t6-,7+,8-/m0/s1. The van der Waals surface area contributed by atoms with Gasteiger partial charge in [0.05, 0.1) is 32.2 Å². The van der Waals surface area contributed by atoms with Gasteiger partial charge in [0.2, 0.25) is 0 Å². The van der Waals surface area contributed by atoms with Crippen LogP contribution in [0.25, 0.3) is 0 Å². The van der Waals surface area contributed by atoms with E-state index in [-0.39, 0.29) is 0 Å². The molecule has 1 rings (SSSR count). The molecule has 0 aromatic rings. The molecule has 0 aliphatic heterocycles. The van der Waals surface area contributed by atoms with Crippen molar-refractivity contribution < 1.29 is 24.2 Å². The maximum absolute atomic E-state index is 11.4. The maximum atomic E-state index is 11.4. The number of esters is 2. The Hall–Kier alpha value is -1.36. The van der Waals surface area contributed by atoms with Gasteiger partial charge < -0.3 is 14.6 Å². The fourth-order valence-corrected chi connectivity index (χ4v) is 1.70. The largest absolute Gasteiger partial charge is 0.469 e. The van der Waals surface area contributed by atoms with Gasteiger partial charge in [-0.25, -0.2) is 0 Å². The lowest BCUT2D eigenvalue weighted by atomic mass is 9.81. The van der Waals surface area contributed by atoms with Crippen molar-refractivity contribution in [1.29, 1.82) is 0 Å². The lowest BCUT2D eigenvalue weighted by molar-refractivity contribution is -0.161. The molecule has 0 fully saturated rings. The smallest absolute Gasteiger partial charge is 0.312 e. The minimum Gasteiger partial charge on any atom is -0.469 e. The van der Waals surface area contributed by atoms with Gasteiger partial charge in [0.15, 0.2) is 0 Å². The van der Waals surface area contributed by atoms with E-state index in [1.165, 1.54) is 20.3 Å². The molecule has 0 heterocycles. The molecule has 0 saturated carbocycles. The lowest BCUT2D eigenvalue weighted by Crippen LogP contribution is -2.40. The summed E-state index contributed by atoms with van der Waals surface area (Å²) in [6.45, 7) is 0. The summed E-state index contributed by atoms with van der Waals surface area (Å²) in [7, 11) is 2.48. The van der Waals surface area contributed by atoms with Crippen molar-refractivity contribution >= 4 is 11.9 Å². The molecule has 84 valence electrons. The zero-order valence-corrected chi connectivity index (χ0v) is 8.67. The van der Waals surface area contributed by atoms with Crippen molar-refractivity contribution in [2.45, 2.75) is 12.5 Å². The molecule has 0 amide bonds. The van der Waals surface area contributed by atoms with Crippen molar-refractivity contribution in [2.75, 3.05) is 14.2 Å². The van der Waals surface area contributed by atoms with Gasteiger partial charge in [-0.15, -0.1) is 0 Å². The third-order valence-electron chi connectivity index (χ3n) is 2.50. The van der Waals surface area contributed by atoms with E-state index in [1.807, 2.05) is 0 Å². The highest BCUT2D eigenvalue weighted by Crippen LogP contribution is 2.28. The van der Waals surface area contributed by atoms with Crippen LogP contribution in [0.4, 0.5) is 0 Å². The first-order chi connectivity index (χ1) is 7.11. The third-order valence-corrected chi connectivity index (χ3v) is 2.50. The Kier molecular flexibility index (Phi) is 3.85. The molecule has 0 saturated heterocycles. The summed E-state index contributed by atoms with van der Waals surface area (Å²) in [6.07, 6.45) is 2.53. The molecule has 3 atom stereocenters. The zero-order valence-electron chi connectivity index (χ0n) is 8.67. The number of ether oxygens (including phenoxy) is 2. The molecule has 5 heteroatoms. The number of aliphatic hydroxyl groups excluding tert-OH is 1. The van der Waals surface area contributed by atoms with Crippen molar-refractivity contribution in [2.24, 2.45) is 11.8 Å². The van der Waals surface area contributed by atoms with E-state index in [0.29, 0.717) is 6.42 Å². The number of hydrogen-bond donors (Lipinski definition) is 1. The second kappa shape index (κ2) is 4.93. The van der Waals surface area contributed by atoms with Gasteiger partial charge in [-0.3, -0.25) is 9.59 Å². The van der Waals surface area contributed by atoms with Gasteiger partial charge in [-0.2, -0.15) is 0 Å². The summed E-state index contributed by atoms with van der Waals surface area (Å²) in [5.41, 5.74) is 0. The molecule has 0 bridgehead atoms. The Morgan fingerprint density at radius 1 is 1.27 bits per heavy atom. The normalized spacial score (nSPS) is 29.7. The molecular formula is C10H14O5. The Morgan fingerprint density at radius 2 is 1.87 bits per heavy atom. The average Bonchev–Trinajstić information content (AvgIpc) is 2.26. The first-order valence-corrected chi connectivity index (χ1v) is 4.62. The molecular weight excluding hydrogens is 200 g/mol. The predicted octanol–water partition coefficient (Wildman–Crippen LogP) is -0.114. The quantitative estimate of drug-likeness (QED) is 0.512. The van der Waals surface area contributed by atoms with E-state index in [4.69, 9.17) is 0 Å². The molecule has 5 nitrogen and oxygen atoms in total. The van der Waals surface area contributed by atoms with Crippen LogP contribution in [0.1, 0.15) is 6.42 Å². The summed E-state index contributed by atoms with van der Waals surface area (Å²) in [4.78, 5) is 22.8. The summed E-state index contributed by atoms with van der Waals surface area (Å²) in [6, 6.07) is 0. The van der Waals surface area contributed by atoms with Crippen molar-refractivity contribution in [3.8, 4) is 0 Å². The van der Waals surface area contributed by atoms with Crippen LogP contribution in [-0.4, -0.2) is 37.4 Å². The van der Waals surface area contributed by atoms with Crippen LogP contribution in [0.5, 0.6) is 0 Å². The summed E-state index contributed by atoms with van der Waals surface area (Å²) in [5.74, 6) is -2.63. The van der Waals surface area contributed by atoms with Crippen LogP contribution < -0.4 is 0 Å². The highest BCUT2D eigenvalue weighted by molar-refractivity contribution is 5.83. The van der Waals surface area contributed by atoms with Crippen molar-refractivity contribution in [3.05, 3.63) is 12.2 Å². The van der Waals surface area contributed by atoms with Crippen LogP contribution >= 0.6 is 0 Å². The number of hydrogen-bond acceptors (Lipinski definition) is 5. The number of carbonyl (C=O) groups excluding carboxylic acids is 2. The van der Waals surface area contributed by atoms with E-state index in [1.54, 1.807) is 6.08 Å². The SMILES string of the molecule is COC(=O)[C@@H]1[C@H](O)C=CC[C@@H]1C(=O)OC. The molecule has 15 heavy (non-hydrogen) atoms. The molecule has 0 spiro atoms. The highest BCUT2D eigenvalue weighted by Gasteiger charge is 2.40. The molecule has 1 aliphatic rings. The number of carbonyl (C=O) groups is 2. The lowest BCUT2D eigenvalue weighted by Gasteiger charge is -2.27. The Morgan fingerprint density at radius 3 is 2.40 bits per heavy atom. The zero-order chi connectivity index (χ0) is 11.4. The highest BCUT2D eigenvalue weighted by atomic mass is 16.5. The van der Waals surface area contributed by atoms with Gasteiger partial charge in [0.1, 0.15) is 0 Å². The summed E-state index contributed by atoms with van der Waals surface area (Å²) in [5, 5.41) is 9.59. The second-order valence-corrected chi connectivity index (χ2v) is 3.33. The van der Waals surface area contributed by atoms with Crippen LogP contribution in [0.2, 0.25) is 0 Å².